The van der Waals surface area contributed by atoms with Crippen molar-refractivity contribution >= 4 is 5.91 Å². The standard InChI is InChI=1S/C20H24N2O4/c1-14(2)21-12-20(3,13-23)22-10-9-16(24)18(17(22)19(21)25)26-11-15-7-5-4-6-8-15/h4-10,14,23H,11-13H2,1-3H3. The highest BCUT2D eigenvalue weighted by Crippen LogP contribution is 2.31. The summed E-state index contributed by atoms with van der Waals surface area (Å²) in [6, 6.07) is 10.8. The van der Waals surface area contributed by atoms with Crippen LogP contribution in [0.3, 0.4) is 0 Å². The number of carbonyl (C=O) groups excluding carboxylic acids is 1. The van der Waals surface area contributed by atoms with Gasteiger partial charge in [-0.3, -0.25) is 9.59 Å². The molecule has 6 heteroatoms. The molecule has 0 aliphatic carbocycles. The summed E-state index contributed by atoms with van der Waals surface area (Å²) in [5, 5.41) is 9.97. The van der Waals surface area contributed by atoms with E-state index in [1.54, 1.807) is 15.7 Å². The van der Waals surface area contributed by atoms with Gasteiger partial charge in [-0.1, -0.05) is 30.3 Å². The fourth-order valence-corrected chi connectivity index (χ4v) is 3.23. The van der Waals surface area contributed by atoms with Gasteiger partial charge in [0.15, 0.2) is 11.4 Å². The Morgan fingerprint density at radius 1 is 1.19 bits per heavy atom. The fourth-order valence-electron chi connectivity index (χ4n) is 3.23. The molecule has 1 unspecified atom stereocenters. The minimum atomic E-state index is -0.716. The van der Waals surface area contributed by atoms with Gasteiger partial charge in [0.2, 0.25) is 5.43 Å². The molecule has 3 rings (SSSR count). The summed E-state index contributed by atoms with van der Waals surface area (Å²) in [5.74, 6) is -0.224. The van der Waals surface area contributed by atoms with Crippen LogP contribution in [0.25, 0.3) is 0 Å². The second-order valence-electron chi connectivity index (χ2n) is 7.18. The number of rotatable bonds is 5. The normalized spacial score (nSPS) is 19.6. The predicted molar refractivity (Wildman–Crippen MR) is 98.4 cm³/mol. The molecule has 1 aliphatic heterocycles. The van der Waals surface area contributed by atoms with Crippen LogP contribution >= 0.6 is 0 Å². The van der Waals surface area contributed by atoms with Crippen molar-refractivity contribution in [3.05, 3.63) is 64.1 Å². The third kappa shape index (κ3) is 3.12. The van der Waals surface area contributed by atoms with E-state index in [0.717, 1.165) is 5.56 Å². The van der Waals surface area contributed by atoms with E-state index in [2.05, 4.69) is 0 Å². The van der Waals surface area contributed by atoms with Crippen LogP contribution in [-0.2, 0) is 12.1 Å². The maximum atomic E-state index is 13.1. The average molecular weight is 356 g/mol. The molecule has 6 nitrogen and oxygen atoms in total. The van der Waals surface area contributed by atoms with E-state index in [-0.39, 0.29) is 42.0 Å². The third-order valence-electron chi connectivity index (χ3n) is 4.80. The number of hydrogen-bond acceptors (Lipinski definition) is 4. The number of aliphatic hydroxyl groups is 1. The average Bonchev–Trinajstić information content (AvgIpc) is 2.64. The Labute approximate surface area is 152 Å². The highest BCUT2D eigenvalue weighted by Gasteiger charge is 2.41. The van der Waals surface area contributed by atoms with Crippen LogP contribution in [0.4, 0.5) is 0 Å². The van der Waals surface area contributed by atoms with Crippen molar-refractivity contribution in [1.29, 1.82) is 0 Å². The summed E-state index contributed by atoms with van der Waals surface area (Å²) in [6.07, 6.45) is 1.57. The molecule has 0 fully saturated rings. The number of ether oxygens (including phenoxy) is 1. The van der Waals surface area contributed by atoms with Gasteiger partial charge in [0, 0.05) is 24.8 Å². The number of aromatic nitrogens is 1. The Hall–Kier alpha value is -2.60. The van der Waals surface area contributed by atoms with Crippen molar-refractivity contribution in [2.24, 2.45) is 0 Å². The van der Waals surface area contributed by atoms with E-state index in [1.807, 2.05) is 51.1 Å². The van der Waals surface area contributed by atoms with Gasteiger partial charge in [-0.25, -0.2) is 0 Å². The van der Waals surface area contributed by atoms with Gasteiger partial charge < -0.3 is 19.3 Å². The number of pyridine rings is 1. The van der Waals surface area contributed by atoms with Crippen LogP contribution in [-0.4, -0.2) is 39.7 Å². The zero-order chi connectivity index (χ0) is 18.9. The van der Waals surface area contributed by atoms with Gasteiger partial charge in [-0.15, -0.1) is 0 Å². The molecule has 2 aromatic rings. The lowest BCUT2D eigenvalue weighted by molar-refractivity contribution is 0.0344. The zero-order valence-corrected chi connectivity index (χ0v) is 15.3. The molecule has 1 atom stereocenters. The van der Waals surface area contributed by atoms with Crippen molar-refractivity contribution in [3.63, 3.8) is 0 Å². The molecule has 0 saturated heterocycles. The lowest BCUT2D eigenvalue weighted by Crippen LogP contribution is -2.56. The van der Waals surface area contributed by atoms with Crippen molar-refractivity contribution < 1.29 is 14.6 Å². The van der Waals surface area contributed by atoms with E-state index in [4.69, 9.17) is 4.74 Å². The molecule has 1 N–H and O–H groups in total. The lowest BCUT2D eigenvalue weighted by atomic mass is 9.96. The number of hydrogen-bond donors (Lipinski definition) is 1. The molecule has 1 aromatic carbocycles. The molecule has 26 heavy (non-hydrogen) atoms. The van der Waals surface area contributed by atoms with Crippen LogP contribution in [0.1, 0.15) is 36.8 Å². The Bertz CT molecular complexity index is 860. The van der Waals surface area contributed by atoms with Gasteiger partial charge in [-0.05, 0) is 26.3 Å². The highest BCUT2D eigenvalue weighted by atomic mass is 16.5. The number of amides is 1. The fraction of sp³-hybridized carbons (Fsp3) is 0.400. The van der Waals surface area contributed by atoms with Gasteiger partial charge >= 0.3 is 0 Å². The zero-order valence-electron chi connectivity index (χ0n) is 15.3. The van der Waals surface area contributed by atoms with Crippen molar-refractivity contribution in [2.45, 2.75) is 39.0 Å². The molecule has 0 radical (unpaired) electrons. The maximum Gasteiger partial charge on any atom is 0.274 e. The van der Waals surface area contributed by atoms with Gasteiger partial charge in [0.1, 0.15) is 6.61 Å². The minimum absolute atomic E-state index is 0.0337. The van der Waals surface area contributed by atoms with E-state index in [0.29, 0.717) is 6.54 Å². The summed E-state index contributed by atoms with van der Waals surface area (Å²) < 4.78 is 7.47. The molecule has 0 bridgehead atoms. The third-order valence-corrected chi connectivity index (χ3v) is 4.80. The maximum absolute atomic E-state index is 13.1. The van der Waals surface area contributed by atoms with E-state index in [1.165, 1.54) is 6.07 Å². The Morgan fingerprint density at radius 2 is 1.88 bits per heavy atom. The van der Waals surface area contributed by atoms with E-state index < -0.39 is 5.54 Å². The Balaban J connectivity index is 2.08. The van der Waals surface area contributed by atoms with Crippen molar-refractivity contribution in [2.75, 3.05) is 13.2 Å². The van der Waals surface area contributed by atoms with E-state index in [9.17, 15) is 14.7 Å². The molecule has 2 heterocycles. The molecular weight excluding hydrogens is 332 g/mol. The van der Waals surface area contributed by atoms with Crippen LogP contribution in [0.5, 0.6) is 5.75 Å². The van der Waals surface area contributed by atoms with Gasteiger partial charge in [0.05, 0.1) is 12.1 Å². The largest absolute Gasteiger partial charge is 0.483 e. The van der Waals surface area contributed by atoms with Gasteiger partial charge in [0.25, 0.3) is 5.91 Å². The molecule has 1 amide bonds. The first-order valence-electron chi connectivity index (χ1n) is 8.72. The molecule has 1 aliphatic rings. The second kappa shape index (κ2) is 6.96. The summed E-state index contributed by atoms with van der Waals surface area (Å²) >= 11 is 0. The Morgan fingerprint density at radius 3 is 2.50 bits per heavy atom. The van der Waals surface area contributed by atoms with Crippen molar-refractivity contribution in [1.82, 2.24) is 9.47 Å². The highest BCUT2D eigenvalue weighted by molar-refractivity contribution is 5.96. The number of aliphatic hydroxyl groups excluding tert-OH is 1. The summed E-state index contributed by atoms with van der Waals surface area (Å²) in [5.41, 5.74) is 0.0475. The number of nitrogens with zero attached hydrogens (tertiary/aromatic N) is 2. The quantitative estimate of drug-likeness (QED) is 0.889. The Kier molecular flexibility index (Phi) is 4.87. The lowest BCUT2D eigenvalue weighted by Gasteiger charge is -2.44. The molecule has 138 valence electrons. The molecule has 1 aromatic heterocycles. The van der Waals surface area contributed by atoms with Crippen LogP contribution < -0.4 is 10.2 Å². The first kappa shape index (κ1) is 18.2. The number of benzene rings is 1. The summed E-state index contributed by atoms with van der Waals surface area (Å²) in [4.78, 5) is 27.2. The topological polar surface area (TPSA) is 71.8 Å². The molecule has 0 saturated carbocycles. The number of carbonyl (C=O) groups is 1. The van der Waals surface area contributed by atoms with Crippen LogP contribution in [0, 0.1) is 0 Å². The SMILES string of the molecule is CC(C)N1CC(C)(CO)n2ccc(=O)c(OCc3ccccc3)c2C1=O. The van der Waals surface area contributed by atoms with Crippen LogP contribution in [0.15, 0.2) is 47.4 Å². The predicted octanol–water partition coefficient (Wildman–Crippen LogP) is 2.00. The molecule has 0 spiro atoms. The van der Waals surface area contributed by atoms with E-state index >= 15 is 0 Å². The van der Waals surface area contributed by atoms with Crippen molar-refractivity contribution in [3.8, 4) is 5.75 Å². The number of fused-ring (bicyclic) bond motifs is 1. The summed E-state index contributed by atoms with van der Waals surface area (Å²) in [6.45, 7) is 6.10. The van der Waals surface area contributed by atoms with Gasteiger partial charge in [-0.2, -0.15) is 0 Å². The molecular formula is C20H24N2O4. The monoisotopic (exact) mass is 356 g/mol. The van der Waals surface area contributed by atoms with Crippen LogP contribution in [0.2, 0.25) is 0 Å². The first-order chi connectivity index (χ1) is 12.4. The summed E-state index contributed by atoms with van der Waals surface area (Å²) in [7, 11) is 0. The smallest absolute Gasteiger partial charge is 0.274 e. The minimum Gasteiger partial charge on any atom is -0.483 e. The second-order valence-corrected chi connectivity index (χ2v) is 7.18. The first-order valence-corrected chi connectivity index (χ1v) is 8.72.